The molecule has 2 aliphatic heterocycles. The van der Waals surface area contributed by atoms with Crippen molar-refractivity contribution in [3.63, 3.8) is 0 Å². The number of fused-ring (bicyclic) bond motifs is 1. The van der Waals surface area contributed by atoms with Crippen molar-refractivity contribution in [3.8, 4) is 0 Å². The molecule has 0 aromatic heterocycles. The second kappa shape index (κ2) is 7.44. The Hall–Kier alpha value is -2.19. The van der Waals surface area contributed by atoms with Crippen LogP contribution in [0.5, 0.6) is 0 Å². The summed E-state index contributed by atoms with van der Waals surface area (Å²) in [4.78, 5) is 37.1. The highest BCUT2D eigenvalue weighted by Crippen LogP contribution is 2.51. The standard InChI is InChI=1S/C18H18ClNO6S/c1-26-14(21)9-5-8-12-13-10-18(19,15(17(23)24)20(13)16(12)22)27(25)11-6-3-2-4-7-11/h2-7,9,12-13,15H,8,10H2,1H3,(H,23,24)/b9-5+/t12?,13?,15-,18?,27?/m0/s1. The number of halogens is 1. The van der Waals surface area contributed by atoms with E-state index < -0.39 is 44.9 Å². The number of amides is 1. The number of allylic oxidation sites excluding steroid dienone is 1. The monoisotopic (exact) mass is 411 g/mol. The Balaban J connectivity index is 1.85. The third kappa shape index (κ3) is 3.27. The van der Waals surface area contributed by atoms with Gasteiger partial charge >= 0.3 is 11.9 Å². The van der Waals surface area contributed by atoms with Crippen LogP contribution in [0.1, 0.15) is 12.8 Å². The van der Waals surface area contributed by atoms with E-state index in [9.17, 15) is 23.7 Å². The number of carboxylic acids is 1. The molecule has 1 amide bonds. The molecule has 27 heavy (non-hydrogen) atoms. The SMILES string of the molecule is COC(=O)/C=C/CC1C(=O)N2C1CC(Cl)(S(=O)c1ccccc1)[C@@H]2C(=O)O. The van der Waals surface area contributed by atoms with Crippen molar-refractivity contribution in [1.29, 1.82) is 0 Å². The molecule has 7 nitrogen and oxygen atoms in total. The number of rotatable bonds is 6. The molecule has 0 saturated carbocycles. The number of carbonyl (C=O) groups is 3. The van der Waals surface area contributed by atoms with Crippen LogP contribution in [0.3, 0.4) is 0 Å². The van der Waals surface area contributed by atoms with E-state index in [2.05, 4.69) is 4.74 Å². The van der Waals surface area contributed by atoms with Gasteiger partial charge in [0.05, 0.1) is 23.8 Å². The van der Waals surface area contributed by atoms with Crippen LogP contribution >= 0.6 is 11.6 Å². The van der Waals surface area contributed by atoms with E-state index in [1.165, 1.54) is 24.2 Å². The number of carbonyl (C=O) groups excluding carboxylic acids is 2. The first-order chi connectivity index (χ1) is 12.8. The Morgan fingerprint density at radius 3 is 2.67 bits per heavy atom. The maximum atomic E-state index is 13.1. The summed E-state index contributed by atoms with van der Waals surface area (Å²) >= 11 is 6.62. The van der Waals surface area contributed by atoms with Crippen LogP contribution < -0.4 is 0 Å². The molecule has 0 bridgehead atoms. The third-order valence-corrected chi connectivity index (χ3v) is 7.40. The van der Waals surface area contributed by atoms with Crippen molar-refractivity contribution in [3.05, 3.63) is 42.5 Å². The molecule has 9 heteroatoms. The molecule has 2 saturated heterocycles. The number of methoxy groups -OCH3 is 1. The van der Waals surface area contributed by atoms with Crippen LogP contribution in [-0.2, 0) is 29.9 Å². The summed E-state index contributed by atoms with van der Waals surface area (Å²) in [5, 5.41) is 9.66. The van der Waals surface area contributed by atoms with Gasteiger partial charge in [-0.2, -0.15) is 0 Å². The summed E-state index contributed by atoms with van der Waals surface area (Å²) in [5.41, 5.74) is 0. The smallest absolute Gasteiger partial charge is 0.330 e. The average molecular weight is 412 g/mol. The Bertz CT molecular complexity index is 828. The molecule has 2 heterocycles. The molecule has 5 atom stereocenters. The zero-order valence-electron chi connectivity index (χ0n) is 14.4. The summed E-state index contributed by atoms with van der Waals surface area (Å²) < 4.78 is 15.9. The van der Waals surface area contributed by atoms with Gasteiger partial charge in [-0.05, 0) is 18.6 Å². The zero-order chi connectivity index (χ0) is 19.8. The van der Waals surface area contributed by atoms with Gasteiger partial charge in [0.2, 0.25) is 5.91 Å². The minimum absolute atomic E-state index is 0.0928. The number of nitrogens with zero attached hydrogens (tertiary/aromatic N) is 1. The van der Waals surface area contributed by atoms with Crippen molar-refractivity contribution in [2.45, 2.75) is 34.0 Å². The number of aliphatic carboxylic acids is 1. The molecule has 2 aliphatic rings. The topological polar surface area (TPSA) is 101 Å². The number of β-lactam (4-membered cyclic amide) rings is 1. The van der Waals surface area contributed by atoms with E-state index in [4.69, 9.17) is 11.6 Å². The van der Waals surface area contributed by atoms with Crippen LogP contribution in [0, 0.1) is 5.92 Å². The number of carboxylic acid groups (broad SMARTS) is 1. The average Bonchev–Trinajstić information content (AvgIpc) is 2.95. The minimum Gasteiger partial charge on any atom is -0.480 e. The summed E-state index contributed by atoms with van der Waals surface area (Å²) in [5.74, 6) is -2.69. The number of esters is 1. The first-order valence-electron chi connectivity index (χ1n) is 8.26. The molecule has 1 N–H and O–H groups in total. The number of benzene rings is 1. The molecule has 0 aliphatic carbocycles. The Labute approximate surface area is 163 Å². The van der Waals surface area contributed by atoms with Gasteiger partial charge in [-0.1, -0.05) is 24.3 Å². The molecule has 3 rings (SSSR count). The van der Waals surface area contributed by atoms with E-state index in [0.717, 1.165) is 0 Å². The first kappa shape index (κ1) is 19.6. The second-order valence-electron chi connectivity index (χ2n) is 6.39. The van der Waals surface area contributed by atoms with E-state index >= 15 is 0 Å². The van der Waals surface area contributed by atoms with Crippen LogP contribution in [0.25, 0.3) is 0 Å². The van der Waals surface area contributed by atoms with Gasteiger partial charge in [-0.25, -0.2) is 9.59 Å². The lowest BCUT2D eigenvalue weighted by Crippen LogP contribution is -2.62. The molecule has 144 valence electrons. The highest BCUT2D eigenvalue weighted by Gasteiger charge is 2.67. The fourth-order valence-corrected chi connectivity index (χ4v) is 5.81. The highest BCUT2D eigenvalue weighted by molar-refractivity contribution is 7.88. The van der Waals surface area contributed by atoms with Gasteiger partial charge < -0.3 is 14.7 Å². The van der Waals surface area contributed by atoms with Crippen molar-refractivity contribution in [1.82, 2.24) is 4.90 Å². The normalized spacial score (nSPS) is 30.7. The van der Waals surface area contributed by atoms with Gasteiger partial charge in [0.25, 0.3) is 0 Å². The number of hydrogen-bond acceptors (Lipinski definition) is 5. The largest absolute Gasteiger partial charge is 0.480 e. The Morgan fingerprint density at radius 2 is 2.07 bits per heavy atom. The molecule has 0 radical (unpaired) electrons. The zero-order valence-corrected chi connectivity index (χ0v) is 16.0. The van der Waals surface area contributed by atoms with Crippen LogP contribution in [0.4, 0.5) is 0 Å². The quantitative estimate of drug-likeness (QED) is 0.330. The van der Waals surface area contributed by atoms with Crippen LogP contribution in [0.2, 0.25) is 0 Å². The summed E-state index contributed by atoms with van der Waals surface area (Å²) in [7, 11) is -0.574. The Morgan fingerprint density at radius 1 is 1.41 bits per heavy atom. The molecule has 0 spiro atoms. The van der Waals surface area contributed by atoms with Crippen molar-refractivity contribution >= 4 is 40.2 Å². The minimum atomic E-state index is -1.82. The predicted molar refractivity (Wildman–Crippen MR) is 97.4 cm³/mol. The van der Waals surface area contributed by atoms with Crippen molar-refractivity contribution in [2.75, 3.05) is 7.11 Å². The highest BCUT2D eigenvalue weighted by atomic mass is 35.5. The number of hydrogen-bond donors (Lipinski definition) is 1. The van der Waals surface area contributed by atoms with Gasteiger partial charge in [-0.3, -0.25) is 9.00 Å². The van der Waals surface area contributed by atoms with Crippen LogP contribution in [-0.4, -0.2) is 55.5 Å². The molecular weight excluding hydrogens is 394 g/mol. The second-order valence-corrected chi connectivity index (χ2v) is 9.03. The van der Waals surface area contributed by atoms with Gasteiger partial charge in [-0.15, -0.1) is 11.6 Å². The lowest BCUT2D eigenvalue weighted by molar-refractivity contribution is -0.163. The molecule has 2 fully saturated rings. The maximum Gasteiger partial charge on any atom is 0.330 e. The molecular formula is C18H18ClNO6S. The third-order valence-electron chi connectivity index (χ3n) is 4.91. The van der Waals surface area contributed by atoms with Crippen molar-refractivity contribution < 1.29 is 28.4 Å². The summed E-state index contributed by atoms with van der Waals surface area (Å²) in [6.07, 6.45) is 3.08. The van der Waals surface area contributed by atoms with E-state index in [1.54, 1.807) is 30.3 Å². The van der Waals surface area contributed by atoms with Gasteiger partial charge in [0, 0.05) is 23.4 Å². The Kier molecular flexibility index (Phi) is 5.39. The fraction of sp³-hybridized carbons (Fsp3) is 0.389. The summed E-state index contributed by atoms with van der Waals surface area (Å²) in [6.45, 7) is 0. The molecule has 4 unspecified atom stereocenters. The van der Waals surface area contributed by atoms with E-state index in [-0.39, 0.29) is 18.7 Å². The first-order valence-corrected chi connectivity index (χ1v) is 9.79. The number of ether oxygens (including phenoxy) is 1. The molecule has 1 aromatic rings. The maximum absolute atomic E-state index is 13.1. The van der Waals surface area contributed by atoms with Gasteiger partial charge in [0.15, 0.2) is 10.2 Å². The van der Waals surface area contributed by atoms with E-state index in [0.29, 0.717) is 4.90 Å². The van der Waals surface area contributed by atoms with Crippen LogP contribution in [0.15, 0.2) is 47.4 Å². The fourth-order valence-electron chi connectivity index (χ4n) is 3.65. The predicted octanol–water partition coefficient (Wildman–Crippen LogP) is 1.53. The van der Waals surface area contributed by atoms with E-state index in [1.807, 2.05) is 0 Å². The number of alkyl halides is 1. The van der Waals surface area contributed by atoms with Crippen molar-refractivity contribution in [2.24, 2.45) is 5.92 Å². The van der Waals surface area contributed by atoms with Gasteiger partial charge in [0.1, 0.15) is 0 Å². The lowest BCUT2D eigenvalue weighted by atomic mass is 9.85. The summed E-state index contributed by atoms with van der Waals surface area (Å²) in [6, 6.07) is 6.56. The molecule has 1 aromatic carbocycles. The lowest BCUT2D eigenvalue weighted by Gasteiger charge is -2.44.